The van der Waals surface area contributed by atoms with Gasteiger partial charge < -0.3 is 10.1 Å². The molecule has 8 heteroatoms. The van der Waals surface area contributed by atoms with Crippen LogP contribution in [-0.4, -0.2) is 70.9 Å². The van der Waals surface area contributed by atoms with Crippen LogP contribution in [0.4, 0.5) is 5.69 Å². The topological polar surface area (TPSA) is 79.0 Å². The maximum Gasteiger partial charge on any atom is 0.251 e. The fourth-order valence-electron chi connectivity index (χ4n) is 3.16. The molecule has 7 nitrogen and oxygen atoms in total. The summed E-state index contributed by atoms with van der Waals surface area (Å²) >= 11 is 0. The summed E-state index contributed by atoms with van der Waals surface area (Å²) in [6, 6.07) is 6.83. The van der Waals surface area contributed by atoms with E-state index in [2.05, 4.69) is 10.2 Å². The Bertz CT molecular complexity index is 702. The second-order valence-corrected chi connectivity index (χ2v) is 8.37. The minimum absolute atomic E-state index is 0.166. The molecule has 0 spiro atoms. The summed E-state index contributed by atoms with van der Waals surface area (Å²) in [4.78, 5) is 14.6. The van der Waals surface area contributed by atoms with Crippen LogP contribution >= 0.6 is 0 Å². The van der Waals surface area contributed by atoms with Crippen LogP contribution in [0.2, 0.25) is 0 Å². The van der Waals surface area contributed by atoms with Crippen molar-refractivity contribution in [3.63, 3.8) is 0 Å². The zero-order valence-corrected chi connectivity index (χ0v) is 15.1. The second-order valence-electron chi connectivity index (χ2n) is 6.36. The molecule has 138 valence electrons. The molecule has 3 rings (SSSR count). The lowest BCUT2D eigenvalue weighted by atomic mass is 10.2. The van der Waals surface area contributed by atoms with Crippen molar-refractivity contribution in [3.05, 3.63) is 29.8 Å². The van der Waals surface area contributed by atoms with E-state index in [1.54, 1.807) is 24.3 Å². The zero-order chi connectivity index (χ0) is 17.7. The largest absolute Gasteiger partial charge is 0.379 e. The molecule has 0 saturated carbocycles. The third-order valence-electron chi connectivity index (χ3n) is 4.54. The fourth-order valence-corrected chi connectivity index (χ4v) is 4.72. The summed E-state index contributed by atoms with van der Waals surface area (Å²) in [7, 11) is -3.23. The number of carbonyl (C=O) groups is 1. The Morgan fingerprint density at radius 2 is 2.00 bits per heavy atom. The van der Waals surface area contributed by atoms with Crippen molar-refractivity contribution in [2.75, 3.05) is 56.0 Å². The van der Waals surface area contributed by atoms with Gasteiger partial charge in [0.2, 0.25) is 10.0 Å². The van der Waals surface area contributed by atoms with Crippen LogP contribution in [0.3, 0.4) is 0 Å². The van der Waals surface area contributed by atoms with Gasteiger partial charge in [0.25, 0.3) is 5.91 Å². The predicted molar refractivity (Wildman–Crippen MR) is 96.4 cm³/mol. The van der Waals surface area contributed by atoms with Gasteiger partial charge in [-0.1, -0.05) is 6.07 Å². The van der Waals surface area contributed by atoms with Crippen LogP contribution in [-0.2, 0) is 14.8 Å². The number of carbonyl (C=O) groups excluding carboxylic acids is 1. The van der Waals surface area contributed by atoms with Crippen molar-refractivity contribution in [1.82, 2.24) is 10.2 Å². The number of rotatable bonds is 6. The van der Waals surface area contributed by atoms with E-state index in [1.165, 1.54) is 4.31 Å². The average Bonchev–Trinajstić information content (AvgIpc) is 2.99. The Morgan fingerprint density at radius 1 is 1.20 bits per heavy atom. The molecule has 0 aromatic heterocycles. The highest BCUT2D eigenvalue weighted by molar-refractivity contribution is 7.93. The van der Waals surface area contributed by atoms with Crippen LogP contribution in [0, 0.1) is 0 Å². The first-order chi connectivity index (χ1) is 12.1. The molecule has 0 bridgehead atoms. The number of ether oxygens (including phenoxy) is 1. The molecule has 0 unspecified atom stereocenters. The van der Waals surface area contributed by atoms with Gasteiger partial charge in [-0.05, 0) is 37.6 Å². The van der Waals surface area contributed by atoms with Gasteiger partial charge in [0.1, 0.15) is 0 Å². The van der Waals surface area contributed by atoms with Gasteiger partial charge in [0.15, 0.2) is 0 Å². The minimum atomic E-state index is -3.23. The molecule has 2 aliphatic heterocycles. The lowest BCUT2D eigenvalue weighted by molar-refractivity contribution is 0.0374. The molecule has 2 fully saturated rings. The molecule has 0 atom stereocenters. The molecule has 1 aromatic carbocycles. The number of amides is 1. The van der Waals surface area contributed by atoms with Crippen LogP contribution in [0.15, 0.2) is 24.3 Å². The third kappa shape index (κ3) is 4.71. The van der Waals surface area contributed by atoms with Crippen molar-refractivity contribution in [2.24, 2.45) is 0 Å². The van der Waals surface area contributed by atoms with Crippen LogP contribution in [0.25, 0.3) is 0 Å². The number of morpholine rings is 1. The summed E-state index contributed by atoms with van der Waals surface area (Å²) in [5, 5.41) is 2.91. The van der Waals surface area contributed by atoms with Crippen molar-refractivity contribution in [3.8, 4) is 0 Å². The molecule has 25 heavy (non-hydrogen) atoms. The maximum atomic E-state index is 12.3. The SMILES string of the molecule is O=C(NCCCN1CCOCC1)c1cccc(N2CCCS2(=O)=O)c1. The number of hydrogen-bond donors (Lipinski definition) is 1. The Hall–Kier alpha value is -1.64. The van der Waals surface area contributed by atoms with Gasteiger partial charge in [0, 0.05) is 31.7 Å². The summed E-state index contributed by atoms with van der Waals surface area (Å²) < 4.78 is 30.7. The fraction of sp³-hybridized carbons (Fsp3) is 0.588. The number of benzene rings is 1. The first kappa shape index (κ1) is 18.2. The van der Waals surface area contributed by atoms with E-state index >= 15 is 0 Å². The lowest BCUT2D eigenvalue weighted by Crippen LogP contribution is -2.38. The predicted octanol–water partition coefficient (Wildman–Crippen LogP) is 0.679. The van der Waals surface area contributed by atoms with E-state index in [0.717, 1.165) is 39.3 Å². The third-order valence-corrected chi connectivity index (χ3v) is 6.41. The highest BCUT2D eigenvalue weighted by Crippen LogP contribution is 2.24. The molecular formula is C17H25N3O4S. The number of nitrogens with zero attached hydrogens (tertiary/aromatic N) is 2. The standard InChI is InChI=1S/C17H25N3O4S/c21-17(18-6-2-7-19-9-11-24-12-10-19)15-4-1-5-16(14-15)20-8-3-13-25(20,22)23/h1,4-5,14H,2-3,6-13H2,(H,18,21). The molecule has 1 aromatic rings. The number of anilines is 1. The molecule has 2 aliphatic rings. The highest BCUT2D eigenvalue weighted by atomic mass is 32.2. The molecular weight excluding hydrogens is 342 g/mol. The van der Waals surface area contributed by atoms with Crippen molar-refractivity contribution in [1.29, 1.82) is 0 Å². The summed E-state index contributed by atoms with van der Waals surface area (Å²) in [6.45, 7) is 5.46. The smallest absolute Gasteiger partial charge is 0.251 e. The average molecular weight is 367 g/mol. The van der Waals surface area contributed by atoms with E-state index in [0.29, 0.717) is 30.8 Å². The summed E-state index contributed by atoms with van der Waals surface area (Å²) in [5.41, 5.74) is 1.06. The molecule has 2 saturated heterocycles. The van der Waals surface area contributed by atoms with Crippen LogP contribution in [0.1, 0.15) is 23.2 Å². The Kier molecular flexibility index (Phi) is 5.93. The Labute approximate surface area is 149 Å². The van der Waals surface area contributed by atoms with E-state index < -0.39 is 10.0 Å². The normalized spacial score (nSPS) is 20.6. The van der Waals surface area contributed by atoms with Crippen molar-refractivity contribution >= 4 is 21.6 Å². The van der Waals surface area contributed by atoms with Gasteiger partial charge in [0.05, 0.1) is 24.7 Å². The van der Waals surface area contributed by atoms with Gasteiger partial charge in [-0.3, -0.25) is 14.0 Å². The van der Waals surface area contributed by atoms with Crippen LogP contribution < -0.4 is 9.62 Å². The quantitative estimate of drug-likeness (QED) is 0.748. The summed E-state index contributed by atoms with van der Waals surface area (Å²) in [6.07, 6.45) is 1.51. The number of sulfonamides is 1. The van der Waals surface area contributed by atoms with Gasteiger partial charge in [-0.15, -0.1) is 0 Å². The molecule has 2 heterocycles. The van der Waals surface area contributed by atoms with E-state index in [4.69, 9.17) is 4.74 Å². The first-order valence-corrected chi connectivity index (χ1v) is 10.4. The van der Waals surface area contributed by atoms with Crippen molar-refractivity contribution < 1.29 is 17.9 Å². The van der Waals surface area contributed by atoms with Crippen LogP contribution in [0.5, 0.6) is 0 Å². The zero-order valence-electron chi connectivity index (χ0n) is 14.3. The van der Waals surface area contributed by atoms with Crippen molar-refractivity contribution in [2.45, 2.75) is 12.8 Å². The second kappa shape index (κ2) is 8.16. The minimum Gasteiger partial charge on any atom is -0.379 e. The Morgan fingerprint density at radius 3 is 2.72 bits per heavy atom. The highest BCUT2D eigenvalue weighted by Gasteiger charge is 2.28. The Balaban J connectivity index is 1.51. The molecule has 1 N–H and O–H groups in total. The number of hydrogen-bond acceptors (Lipinski definition) is 5. The van der Waals surface area contributed by atoms with Gasteiger partial charge in [-0.25, -0.2) is 8.42 Å². The molecule has 0 aliphatic carbocycles. The lowest BCUT2D eigenvalue weighted by Gasteiger charge is -2.26. The van der Waals surface area contributed by atoms with E-state index in [-0.39, 0.29) is 11.7 Å². The van der Waals surface area contributed by atoms with Gasteiger partial charge in [-0.2, -0.15) is 0 Å². The molecule has 0 radical (unpaired) electrons. The molecule has 1 amide bonds. The van der Waals surface area contributed by atoms with Gasteiger partial charge >= 0.3 is 0 Å². The number of nitrogens with one attached hydrogen (secondary N) is 1. The van der Waals surface area contributed by atoms with E-state index in [9.17, 15) is 13.2 Å². The maximum absolute atomic E-state index is 12.3. The monoisotopic (exact) mass is 367 g/mol. The van der Waals surface area contributed by atoms with E-state index in [1.807, 2.05) is 0 Å². The first-order valence-electron chi connectivity index (χ1n) is 8.75. The summed E-state index contributed by atoms with van der Waals surface area (Å²) in [5.74, 6) is 0.00532.